The lowest BCUT2D eigenvalue weighted by atomic mass is 10.1. The van der Waals surface area contributed by atoms with Crippen LogP contribution in [0.2, 0.25) is 5.02 Å². The van der Waals surface area contributed by atoms with Crippen molar-refractivity contribution < 1.29 is 14.3 Å². The van der Waals surface area contributed by atoms with Gasteiger partial charge in [-0.15, -0.1) is 0 Å². The van der Waals surface area contributed by atoms with Crippen molar-refractivity contribution in [2.24, 2.45) is 0 Å². The van der Waals surface area contributed by atoms with Crippen molar-refractivity contribution in [1.82, 2.24) is 0 Å². The zero-order valence-corrected chi connectivity index (χ0v) is 13.5. The predicted octanol–water partition coefficient (Wildman–Crippen LogP) is 4.52. The number of benzene rings is 3. The summed E-state index contributed by atoms with van der Waals surface area (Å²) in [5.41, 5.74) is 1.10. The standard InChI is InChI=1S/C19H14ClNO3/c20-15-11-18-17(23-8-9-24-18)10-14(15)19(22)21-16-7-3-5-12-4-1-2-6-13(12)16/h1-7,10-11H,8-9H2,(H,21,22). The van der Waals surface area contributed by atoms with E-state index in [4.69, 9.17) is 21.1 Å². The fraction of sp³-hybridized carbons (Fsp3) is 0.105. The monoisotopic (exact) mass is 339 g/mol. The first kappa shape index (κ1) is 14.8. The fourth-order valence-corrected chi connectivity index (χ4v) is 3.00. The highest BCUT2D eigenvalue weighted by Crippen LogP contribution is 2.36. The van der Waals surface area contributed by atoms with E-state index in [9.17, 15) is 4.79 Å². The number of amides is 1. The van der Waals surface area contributed by atoms with E-state index in [1.165, 1.54) is 0 Å². The zero-order chi connectivity index (χ0) is 16.5. The van der Waals surface area contributed by atoms with E-state index >= 15 is 0 Å². The average molecular weight is 340 g/mol. The number of carbonyl (C=O) groups is 1. The Morgan fingerprint density at radius 3 is 2.50 bits per heavy atom. The largest absolute Gasteiger partial charge is 0.486 e. The number of hydrogen-bond acceptors (Lipinski definition) is 3. The second-order valence-electron chi connectivity index (χ2n) is 5.46. The molecular weight excluding hydrogens is 326 g/mol. The summed E-state index contributed by atoms with van der Waals surface area (Å²) in [5, 5.41) is 5.29. The Bertz CT molecular complexity index is 934. The zero-order valence-electron chi connectivity index (χ0n) is 12.7. The van der Waals surface area contributed by atoms with Gasteiger partial charge >= 0.3 is 0 Å². The molecule has 4 nitrogen and oxygen atoms in total. The van der Waals surface area contributed by atoms with Crippen LogP contribution in [0.4, 0.5) is 5.69 Å². The van der Waals surface area contributed by atoms with Crippen molar-refractivity contribution in [2.45, 2.75) is 0 Å². The number of ether oxygens (including phenoxy) is 2. The molecule has 0 aliphatic carbocycles. The van der Waals surface area contributed by atoms with Crippen molar-refractivity contribution in [2.75, 3.05) is 18.5 Å². The topological polar surface area (TPSA) is 47.6 Å². The minimum Gasteiger partial charge on any atom is -0.486 e. The normalized spacial score (nSPS) is 12.9. The minimum absolute atomic E-state index is 0.284. The highest BCUT2D eigenvalue weighted by molar-refractivity contribution is 6.34. The third kappa shape index (κ3) is 2.65. The molecule has 0 fully saturated rings. The van der Waals surface area contributed by atoms with E-state index in [2.05, 4.69) is 5.32 Å². The molecule has 0 aromatic heterocycles. The molecule has 0 atom stereocenters. The fourth-order valence-electron chi connectivity index (χ4n) is 2.76. The van der Waals surface area contributed by atoms with E-state index in [-0.39, 0.29) is 5.91 Å². The Morgan fingerprint density at radius 2 is 1.67 bits per heavy atom. The molecule has 120 valence electrons. The van der Waals surface area contributed by atoms with Crippen LogP contribution in [0.3, 0.4) is 0 Å². The van der Waals surface area contributed by atoms with Crippen LogP contribution >= 0.6 is 11.6 Å². The molecule has 1 aliphatic heterocycles. The van der Waals surface area contributed by atoms with Crippen molar-refractivity contribution in [3.05, 3.63) is 65.2 Å². The van der Waals surface area contributed by atoms with E-state index in [1.807, 2.05) is 42.5 Å². The van der Waals surface area contributed by atoms with Gasteiger partial charge in [0, 0.05) is 17.1 Å². The van der Waals surface area contributed by atoms with E-state index in [1.54, 1.807) is 12.1 Å². The average Bonchev–Trinajstić information content (AvgIpc) is 2.61. The van der Waals surface area contributed by atoms with E-state index < -0.39 is 0 Å². The van der Waals surface area contributed by atoms with Crippen molar-refractivity contribution in [3.63, 3.8) is 0 Å². The molecule has 1 amide bonds. The summed E-state index contributed by atoms with van der Waals surface area (Å²) < 4.78 is 11.0. The first-order valence-corrected chi connectivity index (χ1v) is 7.98. The summed E-state index contributed by atoms with van der Waals surface area (Å²) in [5.74, 6) is 0.815. The van der Waals surface area contributed by atoms with Gasteiger partial charge in [0.25, 0.3) is 5.91 Å². The number of hydrogen-bond donors (Lipinski definition) is 1. The van der Waals surface area contributed by atoms with Crippen LogP contribution in [0.5, 0.6) is 11.5 Å². The molecular formula is C19H14ClNO3. The lowest BCUT2D eigenvalue weighted by molar-refractivity contribution is 0.102. The summed E-state index contributed by atoms with van der Waals surface area (Å²) in [7, 11) is 0. The van der Waals surface area contributed by atoms with Gasteiger partial charge in [-0.2, -0.15) is 0 Å². The summed E-state index contributed by atoms with van der Waals surface area (Å²) in [6.45, 7) is 0.934. The first-order valence-electron chi connectivity index (χ1n) is 7.60. The maximum atomic E-state index is 12.7. The summed E-state index contributed by atoms with van der Waals surface area (Å²) in [4.78, 5) is 12.7. The number of fused-ring (bicyclic) bond motifs is 2. The summed E-state index contributed by atoms with van der Waals surface area (Å²) >= 11 is 6.24. The lowest BCUT2D eigenvalue weighted by Gasteiger charge is -2.19. The molecule has 0 saturated heterocycles. The lowest BCUT2D eigenvalue weighted by Crippen LogP contribution is -2.17. The van der Waals surface area contributed by atoms with Gasteiger partial charge in [-0.25, -0.2) is 0 Å². The SMILES string of the molecule is O=C(Nc1cccc2ccccc12)c1cc2c(cc1Cl)OCCO2. The van der Waals surface area contributed by atoms with E-state index in [0.29, 0.717) is 35.3 Å². The van der Waals surface area contributed by atoms with Gasteiger partial charge < -0.3 is 14.8 Å². The quantitative estimate of drug-likeness (QED) is 0.747. The van der Waals surface area contributed by atoms with Crippen LogP contribution in [0.15, 0.2) is 54.6 Å². The first-order chi connectivity index (χ1) is 11.7. The van der Waals surface area contributed by atoms with Gasteiger partial charge in [-0.05, 0) is 17.5 Å². The molecule has 3 aromatic carbocycles. The van der Waals surface area contributed by atoms with Gasteiger partial charge in [0.15, 0.2) is 11.5 Å². The number of nitrogens with one attached hydrogen (secondary N) is 1. The van der Waals surface area contributed by atoms with Crippen molar-refractivity contribution >= 4 is 34.0 Å². The molecule has 0 saturated carbocycles. The Labute approximate surface area is 144 Å². The maximum Gasteiger partial charge on any atom is 0.257 e. The second kappa shape index (κ2) is 6.06. The second-order valence-corrected chi connectivity index (χ2v) is 5.86. The molecule has 0 spiro atoms. The third-order valence-corrected chi connectivity index (χ3v) is 4.23. The molecule has 1 heterocycles. The highest BCUT2D eigenvalue weighted by atomic mass is 35.5. The molecule has 4 rings (SSSR count). The van der Waals surface area contributed by atoms with Crippen molar-refractivity contribution in [3.8, 4) is 11.5 Å². The van der Waals surface area contributed by atoms with Gasteiger partial charge in [-0.1, -0.05) is 48.0 Å². The molecule has 5 heteroatoms. The number of halogens is 1. The molecule has 1 N–H and O–H groups in total. The van der Waals surface area contributed by atoms with Gasteiger partial charge in [0.05, 0.1) is 10.6 Å². The van der Waals surface area contributed by atoms with Crippen LogP contribution in [0.25, 0.3) is 10.8 Å². The smallest absolute Gasteiger partial charge is 0.257 e. The van der Waals surface area contributed by atoms with Gasteiger partial charge in [0.2, 0.25) is 0 Å². The van der Waals surface area contributed by atoms with Gasteiger partial charge in [-0.3, -0.25) is 4.79 Å². The Morgan fingerprint density at radius 1 is 0.958 bits per heavy atom. The summed E-state index contributed by atoms with van der Waals surface area (Å²) in [6, 6.07) is 16.9. The highest BCUT2D eigenvalue weighted by Gasteiger charge is 2.19. The Hall–Kier alpha value is -2.72. The van der Waals surface area contributed by atoms with Crippen LogP contribution in [0, 0.1) is 0 Å². The Kier molecular flexibility index (Phi) is 3.75. The van der Waals surface area contributed by atoms with Crippen LogP contribution in [0.1, 0.15) is 10.4 Å². The molecule has 1 aliphatic rings. The number of carbonyl (C=O) groups excluding carboxylic acids is 1. The maximum absolute atomic E-state index is 12.7. The molecule has 24 heavy (non-hydrogen) atoms. The van der Waals surface area contributed by atoms with Crippen LogP contribution in [-0.2, 0) is 0 Å². The third-order valence-electron chi connectivity index (χ3n) is 3.91. The summed E-state index contributed by atoms with van der Waals surface area (Å²) in [6.07, 6.45) is 0. The van der Waals surface area contributed by atoms with Gasteiger partial charge in [0.1, 0.15) is 13.2 Å². The predicted molar refractivity (Wildman–Crippen MR) is 94.3 cm³/mol. The van der Waals surface area contributed by atoms with E-state index in [0.717, 1.165) is 16.5 Å². The molecule has 3 aromatic rings. The number of rotatable bonds is 2. The van der Waals surface area contributed by atoms with Crippen molar-refractivity contribution in [1.29, 1.82) is 0 Å². The molecule has 0 unspecified atom stereocenters. The minimum atomic E-state index is -0.284. The van der Waals surface area contributed by atoms with Crippen LogP contribution in [-0.4, -0.2) is 19.1 Å². The van der Waals surface area contributed by atoms with Crippen LogP contribution < -0.4 is 14.8 Å². The molecule has 0 radical (unpaired) electrons. The molecule has 0 bridgehead atoms. The number of anilines is 1. The Balaban J connectivity index is 1.69.